The van der Waals surface area contributed by atoms with Crippen molar-refractivity contribution in [3.05, 3.63) is 41.2 Å². The highest BCUT2D eigenvalue weighted by molar-refractivity contribution is 6.32. The number of benzene rings is 1. The fourth-order valence-electron chi connectivity index (χ4n) is 1.84. The minimum Gasteiger partial charge on any atom is -0.495 e. The Labute approximate surface area is 128 Å². The van der Waals surface area contributed by atoms with Gasteiger partial charge in [0.1, 0.15) is 5.75 Å². The number of halogens is 1. The maximum absolute atomic E-state index is 6.04. The van der Waals surface area contributed by atoms with Crippen LogP contribution in [0.15, 0.2) is 35.6 Å². The minimum absolute atomic E-state index is 0.347. The van der Waals surface area contributed by atoms with Crippen molar-refractivity contribution >= 4 is 23.2 Å². The molecule has 0 aliphatic rings. The molecule has 6 nitrogen and oxygen atoms in total. The van der Waals surface area contributed by atoms with E-state index in [0.29, 0.717) is 23.3 Å². The fourth-order valence-corrected chi connectivity index (χ4v) is 2.10. The molecule has 0 radical (unpaired) electrons. The molecule has 7 heteroatoms. The second-order valence-electron chi connectivity index (χ2n) is 4.51. The molecule has 21 heavy (non-hydrogen) atoms. The van der Waals surface area contributed by atoms with Gasteiger partial charge in [0.05, 0.1) is 18.3 Å². The van der Waals surface area contributed by atoms with Crippen LogP contribution in [0, 0.1) is 0 Å². The van der Waals surface area contributed by atoms with E-state index in [4.69, 9.17) is 22.1 Å². The average molecular weight is 308 g/mol. The van der Waals surface area contributed by atoms with Crippen molar-refractivity contribution in [2.45, 2.75) is 6.42 Å². The molecular weight excluding hydrogens is 290 g/mol. The second-order valence-corrected chi connectivity index (χ2v) is 4.92. The van der Waals surface area contributed by atoms with Crippen molar-refractivity contribution in [1.29, 1.82) is 0 Å². The highest BCUT2D eigenvalue weighted by Crippen LogP contribution is 2.26. The number of hydrogen-bond donors (Lipinski definition) is 2. The lowest BCUT2D eigenvalue weighted by molar-refractivity contribution is 0.415. The average Bonchev–Trinajstić information content (AvgIpc) is 2.84. The molecule has 0 unspecified atom stereocenters. The van der Waals surface area contributed by atoms with Gasteiger partial charge in [-0.3, -0.25) is 9.67 Å². The van der Waals surface area contributed by atoms with Gasteiger partial charge in [-0.05, 0) is 30.2 Å². The van der Waals surface area contributed by atoms with Gasteiger partial charge in [-0.25, -0.2) is 0 Å². The molecule has 0 saturated heterocycles. The van der Waals surface area contributed by atoms with Crippen molar-refractivity contribution in [2.75, 3.05) is 19.0 Å². The maximum atomic E-state index is 6.04. The van der Waals surface area contributed by atoms with E-state index in [1.54, 1.807) is 23.9 Å². The number of aliphatic imine (C=N–C) groups is 1. The third-order valence-corrected chi connectivity index (χ3v) is 3.16. The normalized spacial score (nSPS) is 11.5. The van der Waals surface area contributed by atoms with Crippen molar-refractivity contribution in [3.8, 4) is 5.75 Å². The fraction of sp³-hybridized carbons (Fsp3) is 0.286. The maximum Gasteiger partial charge on any atom is 0.193 e. The molecule has 3 N–H and O–H groups in total. The van der Waals surface area contributed by atoms with E-state index in [2.05, 4.69) is 15.4 Å². The second kappa shape index (κ2) is 6.99. The van der Waals surface area contributed by atoms with Gasteiger partial charge >= 0.3 is 0 Å². The lowest BCUT2D eigenvalue weighted by atomic mass is 10.2. The number of aromatic nitrogens is 2. The van der Waals surface area contributed by atoms with Crippen LogP contribution in [0.2, 0.25) is 5.02 Å². The largest absolute Gasteiger partial charge is 0.495 e. The molecule has 0 bridgehead atoms. The predicted octanol–water partition coefficient (Wildman–Crippen LogP) is 2.05. The van der Waals surface area contributed by atoms with Gasteiger partial charge in [-0.1, -0.05) is 11.6 Å². The van der Waals surface area contributed by atoms with Crippen LogP contribution in [0.25, 0.3) is 0 Å². The number of hydrogen-bond acceptors (Lipinski definition) is 3. The van der Waals surface area contributed by atoms with E-state index >= 15 is 0 Å². The van der Waals surface area contributed by atoms with E-state index in [1.807, 2.05) is 25.5 Å². The van der Waals surface area contributed by atoms with Crippen LogP contribution in [0.4, 0.5) is 5.69 Å². The van der Waals surface area contributed by atoms with Crippen LogP contribution < -0.4 is 15.8 Å². The summed E-state index contributed by atoms with van der Waals surface area (Å²) < 4.78 is 6.86. The monoisotopic (exact) mass is 307 g/mol. The minimum atomic E-state index is 0.347. The first kappa shape index (κ1) is 15.2. The van der Waals surface area contributed by atoms with Crippen molar-refractivity contribution in [1.82, 2.24) is 9.78 Å². The first-order valence-electron chi connectivity index (χ1n) is 6.46. The van der Waals surface area contributed by atoms with Crippen LogP contribution >= 0.6 is 11.6 Å². The predicted molar refractivity (Wildman–Crippen MR) is 85.0 cm³/mol. The number of anilines is 1. The third kappa shape index (κ3) is 4.39. The Balaban J connectivity index is 1.89. The zero-order valence-corrected chi connectivity index (χ0v) is 12.8. The number of guanidine groups is 1. The molecule has 0 aliphatic heterocycles. The number of nitrogens with two attached hydrogens (primary N) is 1. The Morgan fingerprint density at radius 1 is 1.52 bits per heavy atom. The standard InChI is InChI=1S/C14H18ClN5O/c1-20-9-10(8-18-20)5-6-17-14(16)19-11-3-4-13(21-2)12(15)7-11/h3-4,7-9H,5-6H2,1-2H3,(H3,16,17,19). The SMILES string of the molecule is COc1ccc(NC(N)=NCCc2cnn(C)c2)cc1Cl. The lowest BCUT2D eigenvalue weighted by Crippen LogP contribution is -2.23. The van der Waals surface area contributed by atoms with E-state index in [-0.39, 0.29) is 0 Å². The van der Waals surface area contributed by atoms with Gasteiger partial charge in [0.2, 0.25) is 0 Å². The Morgan fingerprint density at radius 2 is 2.33 bits per heavy atom. The van der Waals surface area contributed by atoms with Gasteiger partial charge in [0.15, 0.2) is 5.96 Å². The lowest BCUT2D eigenvalue weighted by Gasteiger charge is -2.08. The molecule has 0 spiro atoms. The van der Waals surface area contributed by atoms with Crippen LogP contribution in [0.1, 0.15) is 5.56 Å². The van der Waals surface area contributed by atoms with E-state index < -0.39 is 0 Å². The van der Waals surface area contributed by atoms with Crippen LogP contribution in [-0.2, 0) is 13.5 Å². The summed E-state index contributed by atoms with van der Waals surface area (Å²) in [6.45, 7) is 0.592. The molecule has 0 fully saturated rings. The molecule has 112 valence electrons. The smallest absolute Gasteiger partial charge is 0.193 e. The van der Waals surface area contributed by atoms with Crippen molar-refractivity contribution in [3.63, 3.8) is 0 Å². The highest BCUT2D eigenvalue weighted by Gasteiger charge is 2.02. The number of nitrogens with one attached hydrogen (secondary N) is 1. The Bertz CT molecular complexity index is 638. The summed E-state index contributed by atoms with van der Waals surface area (Å²) in [6, 6.07) is 5.34. The summed E-state index contributed by atoms with van der Waals surface area (Å²) >= 11 is 6.04. The van der Waals surface area contributed by atoms with E-state index in [0.717, 1.165) is 17.7 Å². The number of rotatable bonds is 5. The zero-order chi connectivity index (χ0) is 15.2. The Morgan fingerprint density at radius 3 is 2.95 bits per heavy atom. The van der Waals surface area contributed by atoms with Crippen LogP contribution in [-0.4, -0.2) is 29.4 Å². The molecule has 1 heterocycles. The molecule has 2 rings (SSSR count). The molecule has 0 saturated carbocycles. The third-order valence-electron chi connectivity index (χ3n) is 2.87. The van der Waals surface area contributed by atoms with Gasteiger partial charge in [0, 0.05) is 25.5 Å². The van der Waals surface area contributed by atoms with Gasteiger partial charge in [-0.15, -0.1) is 0 Å². The number of nitrogens with zero attached hydrogens (tertiary/aromatic N) is 3. The topological polar surface area (TPSA) is 77.5 Å². The summed E-state index contributed by atoms with van der Waals surface area (Å²) in [5.41, 5.74) is 7.73. The first-order valence-corrected chi connectivity index (χ1v) is 6.84. The molecule has 0 atom stereocenters. The van der Waals surface area contributed by atoms with E-state index in [1.165, 1.54) is 0 Å². The zero-order valence-electron chi connectivity index (χ0n) is 12.0. The summed E-state index contributed by atoms with van der Waals surface area (Å²) in [7, 11) is 3.46. The Kier molecular flexibility index (Phi) is 5.05. The van der Waals surface area contributed by atoms with Gasteiger partial charge < -0.3 is 15.8 Å². The highest BCUT2D eigenvalue weighted by atomic mass is 35.5. The van der Waals surface area contributed by atoms with Crippen LogP contribution in [0.3, 0.4) is 0 Å². The van der Waals surface area contributed by atoms with E-state index in [9.17, 15) is 0 Å². The quantitative estimate of drug-likeness (QED) is 0.654. The first-order chi connectivity index (χ1) is 10.1. The number of ether oxygens (including phenoxy) is 1. The molecular formula is C14H18ClN5O. The summed E-state index contributed by atoms with van der Waals surface area (Å²) in [6.07, 6.45) is 4.57. The summed E-state index contributed by atoms with van der Waals surface area (Å²) in [4.78, 5) is 4.27. The molecule has 1 aromatic carbocycles. The Hall–Kier alpha value is -2.21. The summed E-state index contributed by atoms with van der Waals surface area (Å²) in [5, 5.41) is 7.61. The summed E-state index contributed by atoms with van der Waals surface area (Å²) in [5.74, 6) is 0.967. The molecule has 2 aromatic rings. The van der Waals surface area contributed by atoms with Gasteiger partial charge in [-0.2, -0.15) is 5.10 Å². The van der Waals surface area contributed by atoms with Crippen molar-refractivity contribution < 1.29 is 4.74 Å². The molecule has 0 aliphatic carbocycles. The molecule has 0 amide bonds. The van der Waals surface area contributed by atoms with Crippen molar-refractivity contribution in [2.24, 2.45) is 17.8 Å². The van der Waals surface area contributed by atoms with Gasteiger partial charge in [0.25, 0.3) is 0 Å². The molecule has 1 aromatic heterocycles. The van der Waals surface area contributed by atoms with Crippen LogP contribution in [0.5, 0.6) is 5.75 Å². The number of methoxy groups -OCH3 is 1. The number of aryl methyl sites for hydroxylation is 1.